The van der Waals surface area contributed by atoms with Gasteiger partial charge in [-0.2, -0.15) is 4.31 Å². The normalized spacial score (nSPS) is 19.9. The molecule has 0 bridgehead atoms. The van der Waals surface area contributed by atoms with E-state index in [0.29, 0.717) is 12.5 Å². The quantitative estimate of drug-likeness (QED) is 0.850. The Labute approximate surface area is 118 Å². The van der Waals surface area contributed by atoms with E-state index in [9.17, 15) is 8.42 Å². The molecule has 1 aromatic rings. The van der Waals surface area contributed by atoms with Crippen molar-refractivity contribution >= 4 is 27.3 Å². The molecule has 2 aliphatic rings. The maximum absolute atomic E-state index is 12.8. The summed E-state index contributed by atoms with van der Waals surface area (Å²) >= 11 is 6.05. The molecule has 2 saturated carbocycles. The van der Waals surface area contributed by atoms with Crippen molar-refractivity contribution in [3.05, 3.63) is 23.2 Å². The monoisotopic (exact) mass is 300 g/mol. The lowest BCUT2D eigenvalue weighted by atomic mass is 10.3. The number of nitrogens with two attached hydrogens (primary N) is 1. The molecule has 0 amide bonds. The molecule has 0 unspecified atom stereocenters. The maximum atomic E-state index is 12.8. The Morgan fingerprint density at radius 2 is 1.95 bits per heavy atom. The highest BCUT2D eigenvalue weighted by molar-refractivity contribution is 7.89. The van der Waals surface area contributed by atoms with Crippen LogP contribution in [0.2, 0.25) is 5.02 Å². The van der Waals surface area contributed by atoms with Gasteiger partial charge in [0.2, 0.25) is 10.0 Å². The fraction of sp³-hybridized carbons (Fsp3) is 0.538. The molecule has 0 aliphatic heterocycles. The molecule has 6 heteroatoms. The van der Waals surface area contributed by atoms with Crippen molar-refractivity contribution in [2.24, 2.45) is 5.92 Å². The minimum atomic E-state index is -3.58. The van der Waals surface area contributed by atoms with Crippen LogP contribution in [0.25, 0.3) is 0 Å². The van der Waals surface area contributed by atoms with Crippen molar-refractivity contribution in [3.63, 3.8) is 0 Å². The molecule has 0 spiro atoms. The minimum Gasteiger partial charge on any atom is -0.398 e. The zero-order valence-electron chi connectivity index (χ0n) is 10.5. The van der Waals surface area contributed by atoms with Crippen LogP contribution in [0.1, 0.15) is 25.7 Å². The molecular formula is C13H17ClN2O2S. The van der Waals surface area contributed by atoms with Gasteiger partial charge in [0.25, 0.3) is 0 Å². The van der Waals surface area contributed by atoms with Gasteiger partial charge in [-0.05, 0) is 43.7 Å². The van der Waals surface area contributed by atoms with Crippen molar-refractivity contribution in [2.75, 3.05) is 12.3 Å². The van der Waals surface area contributed by atoms with Crippen LogP contribution in [0, 0.1) is 5.92 Å². The van der Waals surface area contributed by atoms with Gasteiger partial charge < -0.3 is 5.73 Å². The van der Waals surface area contributed by atoms with Crippen LogP contribution in [0.15, 0.2) is 23.1 Å². The van der Waals surface area contributed by atoms with Crippen LogP contribution in [0.5, 0.6) is 0 Å². The molecular weight excluding hydrogens is 284 g/mol. The topological polar surface area (TPSA) is 63.4 Å². The summed E-state index contributed by atoms with van der Waals surface area (Å²) in [5.74, 6) is 0.513. The van der Waals surface area contributed by atoms with Gasteiger partial charge in [-0.15, -0.1) is 0 Å². The van der Waals surface area contributed by atoms with Crippen LogP contribution in [-0.2, 0) is 10.0 Å². The number of benzene rings is 1. The highest BCUT2D eigenvalue weighted by atomic mass is 35.5. The highest BCUT2D eigenvalue weighted by Gasteiger charge is 2.42. The summed E-state index contributed by atoms with van der Waals surface area (Å²) < 4.78 is 27.2. The second kappa shape index (κ2) is 4.65. The van der Waals surface area contributed by atoms with E-state index in [1.54, 1.807) is 22.5 Å². The van der Waals surface area contributed by atoms with Crippen LogP contribution < -0.4 is 5.73 Å². The number of rotatable bonds is 5. The Balaban J connectivity index is 1.99. The lowest BCUT2D eigenvalue weighted by molar-refractivity contribution is 0.389. The van der Waals surface area contributed by atoms with Gasteiger partial charge >= 0.3 is 0 Å². The molecule has 19 heavy (non-hydrogen) atoms. The van der Waals surface area contributed by atoms with Crippen LogP contribution >= 0.6 is 11.6 Å². The molecule has 104 valence electrons. The molecule has 1 aromatic carbocycles. The number of sulfonamides is 1. The number of hydrogen-bond acceptors (Lipinski definition) is 3. The molecule has 0 saturated heterocycles. The Kier molecular flexibility index (Phi) is 3.23. The third kappa shape index (κ3) is 2.59. The lowest BCUT2D eigenvalue weighted by Gasteiger charge is -2.23. The van der Waals surface area contributed by atoms with Gasteiger partial charge in [0.05, 0.1) is 10.7 Å². The van der Waals surface area contributed by atoms with Crippen molar-refractivity contribution in [1.29, 1.82) is 0 Å². The minimum absolute atomic E-state index is 0.0733. The zero-order chi connectivity index (χ0) is 13.6. The Morgan fingerprint density at radius 1 is 1.26 bits per heavy atom. The Morgan fingerprint density at radius 3 is 2.47 bits per heavy atom. The molecule has 0 radical (unpaired) electrons. The van der Waals surface area contributed by atoms with Crippen molar-refractivity contribution in [3.8, 4) is 0 Å². The third-order valence-electron chi connectivity index (χ3n) is 3.65. The van der Waals surface area contributed by atoms with E-state index in [2.05, 4.69) is 0 Å². The van der Waals surface area contributed by atoms with E-state index in [1.807, 2.05) is 0 Å². The maximum Gasteiger partial charge on any atom is 0.246 e. The number of anilines is 1. The average Bonchev–Trinajstić information content (AvgIpc) is 3.19. The van der Waals surface area contributed by atoms with Gasteiger partial charge in [0, 0.05) is 12.6 Å². The second-order valence-electron chi connectivity index (χ2n) is 5.41. The fourth-order valence-electron chi connectivity index (χ4n) is 2.28. The summed E-state index contributed by atoms with van der Waals surface area (Å²) in [6.45, 7) is 0.609. The van der Waals surface area contributed by atoms with Crippen molar-refractivity contribution in [2.45, 2.75) is 36.6 Å². The van der Waals surface area contributed by atoms with Gasteiger partial charge in [-0.3, -0.25) is 0 Å². The first-order valence-electron chi connectivity index (χ1n) is 6.56. The summed E-state index contributed by atoms with van der Waals surface area (Å²) in [6.07, 6.45) is 4.13. The SMILES string of the molecule is Nc1cccc(Cl)c1S(=O)(=O)N(CC1CC1)C1CC1. The molecule has 2 N–H and O–H groups in total. The van der Waals surface area contributed by atoms with Gasteiger partial charge in [-0.25, -0.2) is 8.42 Å². The Hall–Kier alpha value is -0.780. The highest BCUT2D eigenvalue weighted by Crippen LogP contribution is 2.40. The first-order valence-corrected chi connectivity index (χ1v) is 8.38. The molecule has 0 atom stereocenters. The smallest absolute Gasteiger partial charge is 0.246 e. The predicted octanol–water partition coefficient (Wildman–Crippen LogP) is 2.49. The van der Waals surface area contributed by atoms with E-state index in [-0.39, 0.29) is 21.6 Å². The fourth-order valence-corrected chi connectivity index (χ4v) is 4.68. The summed E-state index contributed by atoms with van der Waals surface area (Å²) in [4.78, 5) is 0.0733. The largest absolute Gasteiger partial charge is 0.398 e. The molecule has 2 fully saturated rings. The standard InChI is InChI=1S/C13H17ClN2O2S/c14-11-2-1-3-12(15)13(11)19(17,18)16(10-6-7-10)8-9-4-5-9/h1-3,9-10H,4-8,15H2. The molecule has 3 rings (SSSR count). The second-order valence-corrected chi connectivity index (χ2v) is 7.64. The summed E-state index contributed by atoms with van der Waals surface area (Å²) in [7, 11) is -3.58. The van der Waals surface area contributed by atoms with E-state index < -0.39 is 10.0 Å². The molecule has 0 heterocycles. The Bertz CT molecular complexity index is 574. The number of nitrogen functional groups attached to an aromatic ring is 1. The lowest BCUT2D eigenvalue weighted by Crippen LogP contribution is -2.35. The van der Waals surface area contributed by atoms with E-state index in [0.717, 1.165) is 25.7 Å². The number of nitrogens with zero attached hydrogens (tertiary/aromatic N) is 1. The molecule has 0 aromatic heterocycles. The van der Waals surface area contributed by atoms with Crippen molar-refractivity contribution in [1.82, 2.24) is 4.31 Å². The molecule has 2 aliphatic carbocycles. The summed E-state index contributed by atoms with van der Waals surface area (Å²) in [5, 5.41) is 0.210. The van der Waals surface area contributed by atoms with E-state index in [4.69, 9.17) is 17.3 Å². The number of halogens is 1. The van der Waals surface area contributed by atoms with Crippen LogP contribution in [0.4, 0.5) is 5.69 Å². The van der Waals surface area contributed by atoms with Crippen molar-refractivity contribution < 1.29 is 8.42 Å². The van der Waals surface area contributed by atoms with E-state index >= 15 is 0 Å². The van der Waals surface area contributed by atoms with Gasteiger partial charge in [-0.1, -0.05) is 17.7 Å². The predicted molar refractivity (Wildman–Crippen MR) is 75.5 cm³/mol. The van der Waals surface area contributed by atoms with Crippen LogP contribution in [0.3, 0.4) is 0 Å². The van der Waals surface area contributed by atoms with Gasteiger partial charge in [0.15, 0.2) is 0 Å². The average molecular weight is 301 g/mol. The zero-order valence-corrected chi connectivity index (χ0v) is 12.1. The van der Waals surface area contributed by atoms with Crippen LogP contribution in [-0.4, -0.2) is 25.3 Å². The number of hydrogen-bond donors (Lipinski definition) is 1. The third-order valence-corrected chi connectivity index (χ3v) is 6.12. The first kappa shape index (κ1) is 13.2. The summed E-state index contributed by atoms with van der Waals surface area (Å²) in [5.41, 5.74) is 6.05. The van der Waals surface area contributed by atoms with Gasteiger partial charge in [0.1, 0.15) is 4.90 Å². The first-order chi connectivity index (χ1) is 9.00. The summed E-state index contributed by atoms with van der Waals surface area (Å²) in [6, 6.07) is 4.97. The molecule has 4 nitrogen and oxygen atoms in total. The van der Waals surface area contributed by atoms with E-state index in [1.165, 1.54) is 0 Å².